The molecule has 0 N–H and O–H groups in total. The van der Waals surface area contributed by atoms with E-state index in [1.807, 2.05) is 60.7 Å². The normalized spacial score (nSPS) is 11.3. The Bertz CT molecular complexity index is 1210. The van der Waals surface area contributed by atoms with Crippen LogP contribution in [-0.4, -0.2) is 17.6 Å². The molecule has 0 unspecified atom stereocenters. The monoisotopic (exact) mass is 410 g/mol. The lowest BCUT2D eigenvalue weighted by Gasteiger charge is -2.10. The van der Waals surface area contributed by atoms with E-state index in [-0.39, 0.29) is 10.8 Å². The molecule has 0 fully saturated rings. The third kappa shape index (κ3) is 3.65. The van der Waals surface area contributed by atoms with Gasteiger partial charge in [-0.1, -0.05) is 84.4 Å². The molecule has 0 saturated heterocycles. The Morgan fingerprint density at radius 1 is 0.786 bits per heavy atom. The van der Waals surface area contributed by atoms with Gasteiger partial charge in [0.25, 0.3) is 0 Å². The van der Waals surface area contributed by atoms with E-state index < -0.39 is 10.3 Å². The van der Waals surface area contributed by atoms with Crippen LogP contribution in [0.3, 0.4) is 0 Å². The van der Waals surface area contributed by atoms with Crippen molar-refractivity contribution in [2.75, 3.05) is 0 Å². The summed E-state index contributed by atoms with van der Waals surface area (Å²) in [6.07, 6.45) is 0. The first kappa shape index (κ1) is 18.3. The summed E-state index contributed by atoms with van der Waals surface area (Å²) < 4.78 is 32.2. The van der Waals surface area contributed by atoms with E-state index in [2.05, 4.69) is 5.10 Å². The maximum atomic E-state index is 13.0. The van der Waals surface area contributed by atoms with E-state index in [4.69, 9.17) is 15.8 Å². The fourth-order valence-corrected chi connectivity index (χ4v) is 4.00. The molecule has 0 bridgehead atoms. The molecular formula is C21H15ClN2O3S. The highest BCUT2D eigenvalue weighted by Gasteiger charge is 2.24. The van der Waals surface area contributed by atoms with E-state index in [9.17, 15) is 8.42 Å². The van der Waals surface area contributed by atoms with Crippen molar-refractivity contribution < 1.29 is 12.6 Å². The fraction of sp³-hybridized carbons (Fsp3) is 0. The highest BCUT2D eigenvalue weighted by atomic mass is 35.5. The summed E-state index contributed by atoms with van der Waals surface area (Å²) in [5.41, 5.74) is 2.41. The lowest BCUT2D eigenvalue weighted by atomic mass is 10.1. The molecule has 0 aliphatic heterocycles. The average molecular weight is 411 g/mol. The number of halogens is 1. The molecule has 0 aliphatic carbocycles. The molecule has 0 atom stereocenters. The quantitative estimate of drug-likeness (QED) is 0.462. The van der Waals surface area contributed by atoms with Crippen LogP contribution >= 0.6 is 11.6 Å². The van der Waals surface area contributed by atoms with Gasteiger partial charge < -0.3 is 4.18 Å². The predicted molar refractivity (Wildman–Crippen MR) is 109 cm³/mol. The van der Waals surface area contributed by atoms with Crippen LogP contribution in [-0.2, 0) is 10.3 Å². The smallest absolute Gasteiger partial charge is 0.364 e. The van der Waals surface area contributed by atoms with Gasteiger partial charge in [-0.05, 0) is 18.2 Å². The molecule has 4 aromatic rings. The van der Waals surface area contributed by atoms with Crippen LogP contribution in [0.5, 0.6) is 5.75 Å². The molecular weight excluding hydrogens is 396 g/mol. The zero-order valence-electron chi connectivity index (χ0n) is 14.6. The molecule has 0 spiro atoms. The van der Waals surface area contributed by atoms with Gasteiger partial charge in [0.2, 0.25) is 0 Å². The van der Waals surface area contributed by atoms with Crippen molar-refractivity contribution >= 4 is 21.9 Å². The molecule has 1 aromatic heterocycles. The minimum absolute atomic E-state index is 0.0416. The van der Waals surface area contributed by atoms with Crippen molar-refractivity contribution in [1.82, 2.24) is 9.19 Å². The molecule has 7 heteroatoms. The van der Waals surface area contributed by atoms with E-state index in [0.717, 1.165) is 9.65 Å². The summed E-state index contributed by atoms with van der Waals surface area (Å²) in [6.45, 7) is 0. The molecule has 5 nitrogen and oxygen atoms in total. The summed E-state index contributed by atoms with van der Waals surface area (Å²) in [7, 11) is -4.28. The Hall–Kier alpha value is -3.09. The van der Waals surface area contributed by atoms with Crippen molar-refractivity contribution in [2.45, 2.75) is 0 Å². The zero-order chi connectivity index (χ0) is 19.6. The lowest BCUT2D eigenvalue weighted by molar-refractivity contribution is 0.470. The Kier molecular flexibility index (Phi) is 4.90. The molecule has 0 saturated carbocycles. The first-order valence-corrected chi connectivity index (χ1v) is 10.2. The van der Waals surface area contributed by atoms with Crippen molar-refractivity contribution in [3.63, 3.8) is 0 Å². The topological polar surface area (TPSA) is 61.2 Å². The lowest BCUT2D eigenvalue weighted by Crippen LogP contribution is -2.21. The van der Waals surface area contributed by atoms with Crippen LogP contribution in [0.25, 0.3) is 22.5 Å². The maximum Gasteiger partial charge on any atom is 0.429 e. The molecule has 28 heavy (non-hydrogen) atoms. The SMILES string of the molecule is O=S(=O)(Oc1ccccc1Cl)n1nc(-c2ccccc2)cc1-c1ccccc1. The third-order valence-corrected chi connectivity index (χ3v) is 5.47. The summed E-state index contributed by atoms with van der Waals surface area (Å²) in [5.74, 6) is 0.0416. The number of hydrogen-bond acceptors (Lipinski definition) is 4. The second-order valence-corrected chi connectivity index (χ2v) is 7.74. The fourth-order valence-electron chi connectivity index (χ4n) is 2.75. The summed E-state index contributed by atoms with van der Waals surface area (Å²) >= 11 is 6.06. The van der Waals surface area contributed by atoms with Crippen LogP contribution in [0.15, 0.2) is 91.0 Å². The second kappa shape index (κ2) is 7.50. The summed E-state index contributed by atoms with van der Waals surface area (Å²) in [4.78, 5) is 0. The van der Waals surface area contributed by atoms with Crippen molar-refractivity contribution in [2.24, 2.45) is 0 Å². The van der Waals surface area contributed by atoms with Gasteiger partial charge in [0.15, 0.2) is 5.75 Å². The van der Waals surface area contributed by atoms with Gasteiger partial charge in [0.05, 0.1) is 16.4 Å². The first-order chi connectivity index (χ1) is 13.5. The highest BCUT2D eigenvalue weighted by Crippen LogP contribution is 2.30. The van der Waals surface area contributed by atoms with Crippen LogP contribution < -0.4 is 4.18 Å². The van der Waals surface area contributed by atoms with Crippen molar-refractivity contribution in [3.05, 3.63) is 96.0 Å². The molecule has 0 amide bonds. The number of nitrogens with zero attached hydrogens (tertiary/aromatic N) is 2. The first-order valence-electron chi connectivity index (χ1n) is 8.45. The third-order valence-electron chi connectivity index (χ3n) is 4.06. The van der Waals surface area contributed by atoms with Crippen LogP contribution in [0.4, 0.5) is 0 Å². The van der Waals surface area contributed by atoms with Gasteiger partial charge in [-0.25, -0.2) is 0 Å². The second-order valence-electron chi connectivity index (χ2n) is 5.96. The van der Waals surface area contributed by atoms with Crippen LogP contribution in [0, 0.1) is 0 Å². The number of benzene rings is 3. The summed E-state index contributed by atoms with van der Waals surface area (Å²) in [5, 5.41) is 4.51. The Labute approximate surface area is 168 Å². The van der Waals surface area contributed by atoms with Crippen LogP contribution in [0.2, 0.25) is 5.02 Å². The van der Waals surface area contributed by atoms with E-state index in [1.54, 1.807) is 24.3 Å². The predicted octanol–water partition coefficient (Wildman–Crippen LogP) is 5.04. The Balaban J connectivity index is 1.85. The van der Waals surface area contributed by atoms with Gasteiger partial charge in [-0.2, -0.15) is 13.5 Å². The number of hydrogen-bond donors (Lipinski definition) is 0. The Morgan fingerprint density at radius 3 is 2.00 bits per heavy atom. The summed E-state index contributed by atoms with van der Waals surface area (Å²) in [6, 6.07) is 26.6. The van der Waals surface area contributed by atoms with Gasteiger partial charge in [0.1, 0.15) is 0 Å². The van der Waals surface area contributed by atoms with E-state index >= 15 is 0 Å². The van der Waals surface area contributed by atoms with Crippen molar-refractivity contribution in [1.29, 1.82) is 0 Å². The standard InChI is InChI=1S/C21H15ClN2O3S/c22-18-13-7-8-14-21(18)27-28(25,26)24-20(17-11-5-2-6-12-17)15-19(23-24)16-9-3-1-4-10-16/h1-15H. The number of aromatic nitrogens is 2. The van der Waals surface area contributed by atoms with E-state index in [0.29, 0.717) is 17.0 Å². The molecule has 3 aromatic carbocycles. The average Bonchev–Trinajstić information content (AvgIpc) is 3.18. The van der Waals surface area contributed by atoms with Gasteiger partial charge >= 0.3 is 10.3 Å². The van der Waals surface area contributed by atoms with Gasteiger partial charge in [0, 0.05) is 11.1 Å². The number of rotatable bonds is 5. The van der Waals surface area contributed by atoms with Gasteiger partial charge in [-0.15, -0.1) is 4.09 Å². The maximum absolute atomic E-state index is 13.0. The van der Waals surface area contributed by atoms with Gasteiger partial charge in [-0.3, -0.25) is 0 Å². The minimum Gasteiger partial charge on any atom is -0.364 e. The Morgan fingerprint density at radius 2 is 1.36 bits per heavy atom. The van der Waals surface area contributed by atoms with E-state index in [1.165, 1.54) is 6.07 Å². The molecule has 4 rings (SSSR count). The van der Waals surface area contributed by atoms with Crippen LogP contribution in [0.1, 0.15) is 0 Å². The molecule has 1 heterocycles. The molecule has 0 radical (unpaired) electrons. The molecule has 140 valence electrons. The largest absolute Gasteiger partial charge is 0.429 e. The number of para-hydroxylation sites is 1. The highest BCUT2D eigenvalue weighted by molar-refractivity contribution is 7.85. The molecule has 0 aliphatic rings. The zero-order valence-corrected chi connectivity index (χ0v) is 16.1. The van der Waals surface area contributed by atoms with Crippen molar-refractivity contribution in [3.8, 4) is 28.3 Å². The minimum atomic E-state index is -4.28.